The summed E-state index contributed by atoms with van der Waals surface area (Å²) >= 11 is 0. The van der Waals surface area contributed by atoms with Crippen molar-refractivity contribution in [3.8, 4) is 0 Å². The van der Waals surface area contributed by atoms with Crippen LogP contribution in [0.1, 0.15) is 62.7 Å². The Balaban J connectivity index is 1.27. The van der Waals surface area contributed by atoms with Crippen molar-refractivity contribution in [2.75, 3.05) is 44.3 Å². The number of carbonyl (C=O) groups excluding carboxylic acids is 4. The molecule has 5 rings (SSSR count). The Morgan fingerprint density at radius 1 is 1.05 bits per heavy atom. The van der Waals surface area contributed by atoms with Crippen molar-refractivity contribution in [2.45, 2.75) is 76.0 Å². The molecule has 3 N–H and O–H groups in total. The molecule has 3 aliphatic heterocycles. The smallest absolute Gasteiger partial charge is 0.251 e. The van der Waals surface area contributed by atoms with Crippen LogP contribution in [0.5, 0.6) is 0 Å². The molecule has 1 saturated carbocycles. The van der Waals surface area contributed by atoms with Gasteiger partial charge in [-0.2, -0.15) is 0 Å². The Bertz CT molecular complexity index is 1090. The molecule has 3 saturated heterocycles. The second kappa shape index (κ2) is 11.3. The Labute approximate surface area is 230 Å². The maximum atomic E-state index is 13.8. The number of nitrogens with one attached hydrogen (secondary N) is 1. The summed E-state index contributed by atoms with van der Waals surface area (Å²) in [5.74, 6) is -0.727. The van der Waals surface area contributed by atoms with E-state index in [4.69, 9.17) is 10.5 Å². The van der Waals surface area contributed by atoms with Crippen molar-refractivity contribution >= 4 is 29.2 Å². The van der Waals surface area contributed by atoms with Crippen LogP contribution in [0.2, 0.25) is 0 Å². The SMILES string of the molecule is CC(C)CC(NC(=O)c1ccc(N2CCOCC2)cc1)C(=O)N1CCC2C1C(=O)CN2C(=O)C1(N)CCCC1. The summed E-state index contributed by atoms with van der Waals surface area (Å²) in [4.78, 5) is 58.9. The number of Topliss-reactive ketones (excluding diaryl/α,β-unsaturated/α-hetero) is 1. The minimum absolute atomic E-state index is 0.00635. The normalized spacial score (nSPS) is 25.2. The third-order valence-corrected chi connectivity index (χ3v) is 8.70. The van der Waals surface area contributed by atoms with E-state index in [9.17, 15) is 19.2 Å². The highest BCUT2D eigenvalue weighted by atomic mass is 16.5. The summed E-state index contributed by atoms with van der Waals surface area (Å²) in [6.07, 6.45) is 4.08. The van der Waals surface area contributed by atoms with Crippen molar-refractivity contribution in [2.24, 2.45) is 11.7 Å². The van der Waals surface area contributed by atoms with Crippen molar-refractivity contribution in [1.82, 2.24) is 15.1 Å². The number of ether oxygens (including phenoxy) is 1. The summed E-state index contributed by atoms with van der Waals surface area (Å²) < 4.78 is 5.41. The van der Waals surface area contributed by atoms with Gasteiger partial charge < -0.3 is 30.5 Å². The zero-order valence-corrected chi connectivity index (χ0v) is 23.1. The standard InChI is InChI=1S/C29H41N5O5/c1-19(2)17-22(31-26(36)20-5-7-21(8-6-20)32-13-15-39-16-14-32)27(37)33-12-9-23-25(33)24(35)18-34(23)28(38)29(30)10-3-4-11-29/h5-8,19,22-23,25H,3-4,9-18,30H2,1-2H3,(H,31,36). The predicted octanol–water partition coefficient (Wildman–Crippen LogP) is 1.32. The molecular formula is C29H41N5O5. The van der Waals surface area contributed by atoms with Gasteiger partial charge in [0.25, 0.3) is 5.91 Å². The lowest BCUT2D eigenvalue weighted by Gasteiger charge is -2.32. The Morgan fingerprint density at radius 3 is 2.36 bits per heavy atom. The van der Waals surface area contributed by atoms with Gasteiger partial charge in [-0.15, -0.1) is 0 Å². The van der Waals surface area contributed by atoms with E-state index in [0.29, 0.717) is 51.0 Å². The quantitative estimate of drug-likeness (QED) is 0.535. The first-order valence-electron chi connectivity index (χ1n) is 14.3. The van der Waals surface area contributed by atoms with Crippen LogP contribution in [0, 0.1) is 5.92 Å². The van der Waals surface area contributed by atoms with Crippen LogP contribution in [0.15, 0.2) is 24.3 Å². The highest BCUT2D eigenvalue weighted by molar-refractivity contribution is 6.01. The van der Waals surface area contributed by atoms with Crippen LogP contribution in [-0.2, 0) is 19.1 Å². The molecule has 10 nitrogen and oxygen atoms in total. The average Bonchev–Trinajstić information content (AvgIpc) is 3.65. The molecular weight excluding hydrogens is 498 g/mol. The molecule has 0 aromatic heterocycles. The number of hydrogen-bond donors (Lipinski definition) is 2. The monoisotopic (exact) mass is 539 g/mol. The van der Waals surface area contributed by atoms with E-state index >= 15 is 0 Å². The van der Waals surface area contributed by atoms with Gasteiger partial charge >= 0.3 is 0 Å². The van der Waals surface area contributed by atoms with Gasteiger partial charge in [-0.3, -0.25) is 19.2 Å². The fourth-order valence-corrected chi connectivity index (χ4v) is 6.62. The van der Waals surface area contributed by atoms with Crippen LogP contribution in [0.4, 0.5) is 5.69 Å². The van der Waals surface area contributed by atoms with Crippen LogP contribution in [0.25, 0.3) is 0 Å². The largest absolute Gasteiger partial charge is 0.378 e. The number of benzene rings is 1. The van der Waals surface area contributed by atoms with Crippen molar-refractivity contribution in [3.05, 3.63) is 29.8 Å². The minimum atomic E-state index is -0.905. The second-order valence-corrected chi connectivity index (χ2v) is 11.9. The molecule has 3 atom stereocenters. The average molecular weight is 540 g/mol. The lowest BCUT2D eigenvalue weighted by atomic mass is 9.96. The molecule has 212 valence electrons. The van der Waals surface area contributed by atoms with Crippen LogP contribution < -0.4 is 16.0 Å². The molecule has 0 spiro atoms. The number of ketones is 1. The zero-order valence-electron chi connectivity index (χ0n) is 23.1. The van der Waals surface area contributed by atoms with Crippen molar-refractivity contribution < 1.29 is 23.9 Å². The third kappa shape index (κ3) is 5.54. The molecule has 0 radical (unpaired) electrons. The summed E-state index contributed by atoms with van der Waals surface area (Å²) in [5, 5.41) is 2.94. The molecule has 0 bridgehead atoms. The highest BCUT2D eigenvalue weighted by Gasteiger charge is 2.55. The van der Waals surface area contributed by atoms with Gasteiger partial charge in [0.1, 0.15) is 12.1 Å². The van der Waals surface area contributed by atoms with Gasteiger partial charge in [0, 0.05) is 30.9 Å². The molecule has 39 heavy (non-hydrogen) atoms. The van der Waals surface area contributed by atoms with Gasteiger partial charge in [0.2, 0.25) is 11.8 Å². The topological polar surface area (TPSA) is 125 Å². The Kier molecular flexibility index (Phi) is 7.96. The lowest BCUT2D eigenvalue weighted by molar-refractivity contribution is -0.138. The Morgan fingerprint density at radius 2 is 1.72 bits per heavy atom. The van der Waals surface area contributed by atoms with Crippen LogP contribution >= 0.6 is 0 Å². The summed E-state index contributed by atoms with van der Waals surface area (Å²) in [5.41, 5.74) is 7.04. The summed E-state index contributed by atoms with van der Waals surface area (Å²) in [6.45, 7) is 7.35. The van der Waals surface area contributed by atoms with E-state index in [1.807, 2.05) is 26.0 Å². The second-order valence-electron chi connectivity index (χ2n) is 11.9. The van der Waals surface area contributed by atoms with Gasteiger partial charge in [-0.05, 0) is 55.9 Å². The lowest BCUT2D eigenvalue weighted by Crippen LogP contribution is -2.56. The number of nitrogens with two attached hydrogens (primary N) is 1. The molecule has 3 heterocycles. The van der Waals surface area contributed by atoms with E-state index < -0.39 is 17.6 Å². The number of likely N-dealkylation sites (tertiary alicyclic amines) is 2. The molecule has 4 fully saturated rings. The zero-order chi connectivity index (χ0) is 27.7. The number of hydrogen-bond acceptors (Lipinski definition) is 7. The Hall–Kier alpha value is -2.98. The van der Waals surface area contributed by atoms with E-state index in [-0.39, 0.29) is 42.0 Å². The van der Waals surface area contributed by atoms with Gasteiger partial charge in [0.05, 0.1) is 31.3 Å². The number of morpholine rings is 1. The molecule has 4 aliphatic rings. The van der Waals surface area contributed by atoms with E-state index in [2.05, 4.69) is 10.2 Å². The molecule has 1 aromatic carbocycles. The number of nitrogens with zero attached hydrogens (tertiary/aromatic N) is 3. The maximum Gasteiger partial charge on any atom is 0.251 e. The van der Waals surface area contributed by atoms with Crippen molar-refractivity contribution in [1.29, 1.82) is 0 Å². The first kappa shape index (κ1) is 27.6. The first-order valence-corrected chi connectivity index (χ1v) is 14.3. The number of anilines is 1. The molecule has 1 aromatic rings. The van der Waals surface area contributed by atoms with Crippen LogP contribution in [0.3, 0.4) is 0 Å². The van der Waals surface area contributed by atoms with Gasteiger partial charge in [0.15, 0.2) is 5.78 Å². The number of rotatable bonds is 7. The highest BCUT2D eigenvalue weighted by Crippen LogP contribution is 2.36. The van der Waals surface area contributed by atoms with Gasteiger partial charge in [-0.1, -0.05) is 26.7 Å². The molecule has 10 heteroatoms. The number of fused-ring (bicyclic) bond motifs is 1. The van der Waals surface area contributed by atoms with E-state index in [0.717, 1.165) is 31.6 Å². The van der Waals surface area contributed by atoms with Crippen molar-refractivity contribution in [3.63, 3.8) is 0 Å². The number of carbonyl (C=O) groups is 4. The molecule has 3 amide bonds. The maximum absolute atomic E-state index is 13.8. The summed E-state index contributed by atoms with van der Waals surface area (Å²) in [6, 6.07) is 5.61. The number of amides is 3. The fourth-order valence-electron chi connectivity index (χ4n) is 6.62. The minimum Gasteiger partial charge on any atom is -0.378 e. The molecule has 1 aliphatic carbocycles. The van der Waals surface area contributed by atoms with E-state index in [1.54, 1.807) is 21.9 Å². The van der Waals surface area contributed by atoms with Gasteiger partial charge in [-0.25, -0.2) is 0 Å². The third-order valence-electron chi connectivity index (χ3n) is 8.70. The fraction of sp³-hybridized carbons (Fsp3) is 0.655. The van der Waals surface area contributed by atoms with E-state index in [1.165, 1.54) is 0 Å². The molecule has 3 unspecified atom stereocenters. The first-order chi connectivity index (χ1) is 18.7. The summed E-state index contributed by atoms with van der Waals surface area (Å²) in [7, 11) is 0. The predicted molar refractivity (Wildman–Crippen MR) is 146 cm³/mol. The van der Waals surface area contributed by atoms with Crippen LogP contribution in [-0.4, -0.2) is 96.4 Å².